The second kappa shape index (κ2) is 4.85. The summed E-state index contributed by atoms with van der Waals surface area (Å²) in [5.41, 5.74) is 1.13. The van der Waals surface area contributed by atoms with Gasteiger partial charge in [0.25, 0.3) is 5.91 Å². The van der Waals surface area contributed by atoms with Crippen LogP contribution in [0.1, 0.15) is 21.8 Å². The Morgan fingerprint density at radius 2 is 2.29 bits per heavy atom. The van der Waals surface area contributed by atoms with Gasteiger partial charge in [-0.2, -0.15) is 0 Å². The molecule has 0 bridgehead atoms. The molecule has 1 saturated heterocycles. The van der Waals surface area contributed by atoms with Crippen LogP contribution >= 0.6 is 0 Å². The van der Waals surface area contributed by atoms with Gasteiger partial charge < -0.3 is 19.9 Å². The summed E-state index contributed by atoms with van der Waals surface area (Å²) in [5.74, 6) is 0.386. The Morgan fingerprint density at radius 3 is 2.88 bits per heavy atom. The van der Waals surface area contributed by atoms with Crippen molar-refractivity contribution in [2.75, 3.05) is 20.2 Å². The lowest BCUT2D eigenvalue weighted by atomic mass is 10.1. The third-order valence-corrected chi connectivity index (χ3v) is 3.04. The Bertz CT molecular complexity index is 397. The number of amides is 1. The van der Waals surface area contributed by atoms with E-state index in [1.165, 1.54) is 0 Å². The monoisotopic (exact) mass is 239 g/mol. The highest BCUT2D eigenvalue weighted by molar-refractivity contribution is 5.96. The van der Waals surface area contributed by atoms with Crippen LogP contribution in [0.15, 0.2) is 4.52 Å². The molecule has 0 aliphatic carbocycles. The number of carbonyl (C=O) groups excluding carboxylic acids is 1. The quantitative estimate of drug-likeness (QED) is 0.777. The molecular formula is C11H17N3O3. The largest absolute Gasteiger partial charge is 0.378 e. The smallest absolute Gasteiger partial charge is 0.257 e. The number of aryl methyl sites for hydroxylation is 2. The van der Waals surface area contributed by atoms with E-state index in [4.69, 9.17) is 9.26 Å². The van der Waals surface area contributed by atoms with E-state index in [1.54, 1.807) is 21.0 Å². The molecule has 0 radical (unpaired) electrons. The van der Waals surface area contributed by atoms with Crippen LogP contribution in [-0.4, -0.2) is 43.4 Å². The van der Waals surface area contributed by atoms with E-state index in [9.17, 15) is 4.79 Å². The van der Waals surface area contributed by atoms with Gasteiger partial charge in [0.2, 0.25) is 0 Å². The maximum Gasteiger partial charge on any atom is 0.257 e. The van der Waals surface area contributed by atoms with Crippen LogP contribution < -0.4 is 10.6 Å². The maximum atomic E-state index is 12.1. The summed E-state index contributed by atoms with van der Waals surface area (Å²) >= 11 is 0. The molecule has 6 heteroatoms. The van der Waals surface area contributed by atoms with E-state index in [2.05, 4.69) is 15.8 Å². The number of methoxy groups -OCH3 is 1. The van der Waals surface area contributed by atoms with Gasteiger partial charge in [0.15, 0.2) is 0 Å². The van der Waals surface area contributed by atoms with E-state index in [1.807, 2.05) is 0 Å². The molecule has 2 heterocycles. The zero-order valence-electron chi connectivity index (χ0n) is 10.2. The Balaban J connectivity index is 2.07. The van der Waals surface area contributed by atoms with Gasteiger partial charge in [-0.1, -0.05) is 5.16 Å². The van der Waals surface area contributed by atoms with E-state index < -0.39 is 0 Å². The summed E-state index contributed by atoms with van der Waals surface area (Å²) in [4.78, 5) is 12.1. The zero-order valence-corrected chi connectivity index (χ0v) is 10.2. The molecule has 94 valence electrons. The Kier molecular flexibility index (Phi) is 3.44. The Hall–Kier alpha value is -1.40. The van der Waals surface area contributed by atoms with Crippen molar-refractivity contribution in [3.63, 3.8) is 0 Å². The zero-order chi connectivity index (χ0) is 12.4. The normalized spacial score (nSPS) is 23.9. The number of ether oxygens (including phenoxy) is 1. The van der Waals surface area contributed by atoms with E-state index in [-0.39, 0.29) is 18.1 Å². The summed E-state index contributed by atoms with van der Waals surface area (Å²) < 4.78 is 10.3. The highest BCUT2D eigenvalue weighted by Gasteiger charge is 2.29. The topological polar surface area (TPSA) is 76.4 Å². The van der Waals surface area contributed by atoms with Crippen LogP contribution in [0.4, 0.5) is 0 Å². The summed E-state index contributed by atoms with van der Waals surface area (Å²) in [7, 11) is 1.65. The summed E-state index contributed by atoms with van der Waals surface area (Å²) in [6.45, 7) is 4.96. The first-order chi connectivity index (χ1) is 8.13. The van der Waals surface area contributed by atoms with Gasteiger partial charge in [0.1, 0.15) is 11.3 Å². The molecule has 1 amide bonds. The Labute approximate surface area is 99.7 Å². The highest BCUT2D eigenvalue weighted by Crippen LogP contribution is 2.13. The summed E-state index contributed by atoms with van der Waals surface area (Å²) in [5, 5.41) is 9.88. The standard InChI is InChI=1S/C11H17N3O3/c1-6-10(7(2)17-14-6)11(15)13-8-4-12-5-9(8)16-3/h8-9,12H,4-5H2,1-3H3,(H,13,15)/t8?,9-/m1/s1. The fraction of sp³-hybridized carbons (Fsp3) is 0.636. The number of nitrogens with one attached hydrogen (secondary N) is 2. The van der Waals surface area contributed by atoms with Crippen LogP contribution in [0.2, 0.25) is 0 Å². The van der Waals surface area contributed by atoms with Gasteiger partial charge in [0, 0.05) is 20.2 Å². The van der Waals surface area contributed by atoms with Crippen molar-refractivity contribution < 1.29 is 14.1 Å². The fourth-order valence-electron chi connectivity index (χ4n) is 2.09. The number of nitrogens with zero attached hydrogens (tertiary/aromatic N) is 1. The molecule has 1 aromatic rings. The average Bonchev–Trinajstić information content (AvgIpc) is 2.85. The van der Waals surface area contributed by atoms with Crippen molar-refractivity contribution in [2.24, 2.45) is 0 Å². The molecule has 1 aliphatic heterocycles. The van der Waals surface area contributed by atoms with Crippen molar-refractivity contribution in [1.82, 2.24) is 15.8 Å². The molecule has 1 unspecified atom stereocenters. The number of hydrogen-bond donors (Lipinski definition) is 2. The summed E-state index contributed by atoms with van der Waals surface area (Å²) in [6, 6.07) is -0.0128. The molecule has 2 N–H and O–H groups in total. The Morgan fingerprint density at radius 1 is 1.53 bits per heavy atom. The van der Waals surface area contributed by atoms with Gasteiger partial charge in [-0.25, -0.2) is 0 Å². The van der Waals surface area contributed by atoms with Crippen LogP contribution in [0.3, 0.4) is 0 Å². The average molecular weight is 239 g/mol. The van der Waals surface area contributed by atoms with E-state index in [0.29, 0.717) is 23.6 Å². The highest BCUT2D eigenvalue weighted by atomic mass is 16.5. The number of rotatable bonds is 3. The fourth-order valence-corrected chi connectivity index (χ4v) is 2.09. The summed E-state index contributed by atoms with van der Waals surface area (Å²) in [6.07, 6.45) is 0.0134. The number of aromatic nitrogens is 1. The molecule has 2 rings (SSSR count). The minimum absolute atomic E-state index is 0.0128. The van der Waals surface area contributed by atoms with Crippen molar-refractivity contribution in [3.05, 3.63) is 17.0 Å². The molecular weight excluding hydrogens is 222 g/mol. The van der Waals surface area contributed by atoms with Gasteiger partial charge in [-0.3, -0.25) is 4.79 Å². The van der Waals surface area contributed by atoms with Crippen LogP contribution in [0.5, 0.6) is 0 Å². The first kappa shape index (κ1) is 12.1. The molecule has 0 saturated carbocycles. The van der Waals surface area contributed by atoms with Crippen LogP contribution in [0, 0.1) is 13.8 Å². The van der Waals surface area contributed by atoms with Crippen LogP contribution in [-0.2, 0) is 4.74 Å². The molecule has 1 aliphatic rings. The first-order valence-electron chi connectivity index (χ1n) is 5.60. The molecule has 2 atom stereocenters. The van der Waals surface area contributed by atoms with Gasteiger partial charge in [-0.15, -0.1) is 0 Å². The van der Waals surface area contributed by atoms with Gasteiger partial charge in [0.05, 0.1) is 17.8 Å². The van der Waals surface area contributed by atoms with E-state index >= 15 is 0 Å². The lowest BCUT2D eigenvalue weighted by Gasteiger charge is -2.18. The van der Waals surface area contributed by atoms with Crippen molar-refractivity contribution in [1.29, 1.82) is 0 Å². The lowest BCUT2D eigenvalue weighted by Crippen LogP contribution is -2.43. The molecule has 1 fully saturated rings. The molecule has 1 aromatic heterocycles. The maximum absolute atomic E-state index is 12.1. The van der Waals surface area contributed by atoms with Gasteiger partial charge >= 0.3 is 0 Å². The second-order valence-corrected chi connectivity index (χ2v) is 4.21. The third-order valence-electron chi connectivity index (χ3n) is 3.04. The predicted molar refractivity (Wildman–Crippen MR) is 60.9 cm³/mol. The number of hydrogen-bond acceptors (Lipinski definition) is 5. The molecule has 0 spiro atoms. The second-order valence-electron chi connectivity index (χ2n) is 4.21. The number of carbonyl (C=O) groups is 1. The lowest BCUT2D eigenvalue weighted by molar-refractivity contribution is 0.0778. The van der Waals surface area contributed by atoms with Gasteiger partial charge in [-0.05, 0) is 13.8 Å². The van der Waals surface area contributed by atoms with Crippen molar-refractivity contribution in [2.45, 2.75) is 26.0 Å². The molecule has 6 nitrogen and oxygen atoms in total. The molecule has 17 heavy (non-hydrogen) atoms. The minimum atomic E-state index is -0.156. The first-order valence-corrected chi connectivity index (χ1v) is 5.60. The predicted octanol–water partition coefficient (Wildman–Crippen LogP) is 0.00804. The van der Waals surface area contributed by atoms with E-state index in [0.717, 1.165) is 6.54 Å². The molecule has 0 aromatic carbocycles. The minimum Gasteiger partial charge on any atom is -0.378 e. The van der Waals surface area contributed by atoms with Crippen molar-refractivity contribution >= 4 is 5.91 Å². The van der Waals surface area contributed by atoms with Crippen LogP contribution in [0.25, 0.3) is 0 Å². The SMILES string of the molecule is CO[C@@H]1CNCC1NC(=O)c1c(C)noc1C. The third kappa shape index (κ3) is 2.32. The van der Waals surface area contributed by atoms with Crippen molar-refractivity contribution in [3.8, 4) is 0 Å².